The average Bonchev–Trinajstić information content (AvgIpc) is 2.84. The fourth-order valence-corrected chi connectivity index (χ4v) is 3.51. The molecule has 18 heavy (non-hydrogen) atoms. The van der Waals surface area contributed by atoms with Crippen molar-refractivity contribution < 1.29 is 14.7 Å². The van der Waals surface area contributed by atoms with Crippen molar-refractivity contribution in [2.45, 2.75) is 19.8 Å². The highest BCUT2D eigenvalue weighted by molar-refractivity contribution is 7.99. The third-order valence-electron chi connectivity index (χ3n) is 4.04. The molecule has 2 aliphatic heterocycles. The van der Waals surface area contributed by atoms with Crippen LogP contribution in [0.2, 0.25) is 0 Å². The van der Waals surface area contributed by atoms with Crippen molar-refractivity contribution >= 4 is 23.8 Å². The van der Waals surface area contributed by atoms with Gasteiger partial charge in [0.25, 0.3) is 0 Å². The summed E-state index contributed by atoms with van der Waals surface area (Å²) < 4.78 is 0. The maximum Gasteiger partial charge on any atom is 0.320 e. The van der Waals surface area contributed by atoms with Gasteiger partial charge in [-0.1, -0.05) is 6.92 Å². The molecular weight excluding hydrogens is 252 g/mol. The Labute approximate surface area is 112 Å². The molecule has 0 aromatic rings. The van der Waals surface area contributed by atoms with Gasteiger partial charge in [-0.05, 0) is 12.8 Å². The highest BCUT2D eigenvalue weighted by atomic mass is 32.2. The number of carboxylic acid groups (broad SMARTS) is 1. The minimum absolute atomic E-state index is 0.0203. The van der Waals surface area contributed by atoms with Gasteiger partial charge in [-0.25, -0.2) is 4.79 Å². The SMILES string of the molecule is CCC1(C(=O)O)CCN(C(=O)N2CCSCC2)C1. The van der Waals surface area contributed by atoms with Crippen molar-refractivity contribution in [1.82, 2.24) is 9.80 Å². The van der Waals surface area contributed by atoms with Crippen LogP contribution in [0.3, 0.4) is 0 Å². The summed E-state index contributed by atoms with van der Waals surface area (Å²) in [6.45, 7) is 4.39. The number of aliphatic carboxylic acids is 1. The Morgan fingerprint density at radius 2 is 1.89 bits per heavy atom. The lowest BCUT2D eigenvalue weighted by atomic mass is 9.84. The second kappa shape index (κ2) is 5.38. The van der Waals surface area contributed by atoms with Crippen LogP contribution in [-0.2, 0) is 4.79 Å². The first-order chi connectivity index (χ1) is 8.59. The Morgan fingerprint density at radius 3 is 2.39 bits per heavy atom. The van der Waals surface area contributed by atoms with Gasteiger partial charge in [0.1, 0.15) is 0 Å². The van der Waals surface area contributed by atoms with Gasteiger partial charge < -0.3 is 14.9 Å². The zero-order valence-electron chi connectivity index (χ0n) is 10.7. The van der Waals surface area contributed by atoms with Crippen LogP contribution in [0.25, 0.3) is 0 Å². The third-order valence-corrected chi connectivity index (χ3v) is 4.98. The number of thioether (sulfide) groups is 1. The van der Waals surface area contributed by atoms with Crippen LogP contribution in [0.4, 0.5) is 4.79 Å². The van der Waals surface area contributed by atoms with E-state index in [1.165, 1.54) is 0 Å². The first-order valence-electron chi connectivity index (χ1n) is 6.44. The van der Waals surface area contributed by atoms with Gasteiger partial charge in [0.15, 0.2) is 0 Å². The maximum absolute atomic E-state index is 12.3. The summed E-state index contributed by atoms with van der Waals surface area (Å²) in [6.07, 6.45) is 1.16. The Balaban J connectivity index is 1.99. The van der Waals surface area contributed by atoms with Gasteiger partial charge in [-0.15, -0.1) is 0 Å². The standard InChI is InChI=1S/C12H20N2O3S/c1-2-12(10(15)16)3-4-14(9-12)11(17)13-5-7-18-8-6-13/h2-9H2,1H3,(H,15,16). The molecule has 0 radical (unpaired) electrons. The van der Waals surface area contributed by atoms with Gasteiger partial charge in [0, 0.05) is 37.7 Å². The van der Waals surface area contributed by atoms with E-state index in [1.54, 1.807) is 4.90 Å². The van der Waals surface area contributed by atoms with E-state index >= 15 is 0 Å². The molecule has 5 nitrogen and oxygen atoms in total. The van der Waals surface area contributed by atoms with Gasteiger partial charge in [0.05, 0.1) is 5.41 Å². The first-order valence-corrected chi connectivity index (χ1v) is 7.59. The van der Waals surface area contributed by atoms with Crippen LogP contribution in [0.1, 0.15) is 19.8 Å². The molecule has 0 spiro atoms. The summed E-state index contributed by atoms with van der Waals surface area (Å²) in [7, 11) is 0. The second-order valence-electron chi connectivity index (χ2n) is 4.99. The smallest absolute Gasteiger partial charge is 0.320 e. The van der Waals surface area contributed by atoms with Crippen LogP contribution in [0, 0.1) is 5.41 Å². The molecule has 6 heteroatoms. The van der Waals surface area contributed by atoms with Crippen molar-refractivity contribution in [2.75, 3.05) is 37.7 Å². The number of rotatable bonds is 2. The van der Waals surface area contributed by atoms with Crippen molar-refractivity contribution in [1.29, 1.82) is 0 Å². The van der Waals surface area contributed by atoms with Crippen molar-refractivity contribution in [3.8, 4) is 0 Å². The highest BCUT2D eigenvalue weighted by Crippen LogP contribution is 2.34. The largest absolute Gasteiger partial charge is 0.481 e. The van der Waals surface area contributed by atoms with E-state index in [0.29, 0.717) is 25.9 Å². The van der Waals surface area contributed by atoms with Crippen molar-refractivity contribution in [2.24, 2.45) is 5.41 Å². The summed E-state index contributed by atoms with van der Waals surface area (Å²) in [5.74, 6) is 1.20. The topological polar surface area (TPSA) is 60.9 Å². The summed E-state index contributed by atoms with van der Waals surface area (Å²) in [6, 6.07) is 0.0203. The summed E-state index contributed by atoms with van der Waals surface area (Å²) in [4.78, 5) is 27.2. The highest BCUT2D eigenvalue weighted by Gasteiger charge is 2.45. The second-order valence-corrected chi connectivity index (χ2v) is 6.22. The minimum atomic E-state index is -0.769. The fraction of sp³-hybridized carbons (Fsp3) is 0.833. The molecule has 102 valence electrons. The third kappa shape index (κ3) is 2.43. The molecule has 1 unspecified atom stereocenters. The molecule has 0 aromatic carbocycles. The fourth-order valence-electron chi connectivity index (χ4n) is 2.60. The Morgan fingerprint density at radius 1 is 1.22 bits per heavy atom. The van der Waals surface area contributed by atoms with Crippen LogP contribution in [0.15, 0.2) is 0 Å². The molecular formula is C12H20N2O3S. The average molecular weight is 272 g/mol. The van der Waals surface area contributed by atoms with E-state index in [9.17, 15) is 14.7 Å². The maximum atomic E-state index is 12.3. The minimum Gasteiger partial charge on any atom is -0.481 e. The molecule has 0 aromatic heterocycles. The Kier molecular flexibility index (Phi) is 4.04. The van der Waals surface area contributed by atoms with E-state index in [0.717, 1.165) is 24.6 Å². The Bertz CT molecular complexity index is 344. The van der Waals surface area contributed by atoms with E-state index in [4.69, 9.17) is 0 Å². The van der Waals surface area contributed by atoms with E-state index in [1.807, 2.05) is 23.6 Å². The number of nitrogens with zero attached hydrogens (tertiary/aromatic N) is 2. The lowest BCUT2D eigenvalue weighted by molar-refractivity contribution is -0.148. The Hall–Kier alpha value is -0.910. The predicted octanol–water partition coefficient (Wildman–Crippen LogP) is 1.34. The van der Waals surface area contributed by atoms with E-state index in [2.05, 4.69) is 0 Å². The van der Waals surface area contributed by atoms with E-state index < -0.39 is 11.4 Å². The van der Waals surface area contributed by atoms with Crippen LogP contribution in [-0.4, -0.2) is 64.6 Å². The number of urea groups is 1. The molecule has 1 atom stereocenters. The van der Waals surface area contributed by atoms with Crippen molar-refractivity contribution in [3.05, 3.63) is 0 Å². The lowest BCUT2D eigenvalue weighted by Crippen LogP contribution is -2.47. The quantitative estimate of drug-likeness (QED) is 0.824. The number of hydrogen-bond donors (Lipinski definition) is 1. The molecule has 0 saturated carbocycles. The monoisotopic (exact) mass is 272 g/mol. The number of carbonyl (C=O) groups excluding carboxylic acids is 1. The lowest BCUT2D eigenvalue weighted by Gasteiger charge is -2.31. The van der Waals surface area contributed by atoms with Crippen molar-refractivity contribution in [3.63, 3.8) is 0 Å². The van der Waals surface area contributed by atoms with Crippen LogP contribution >= 0.6 is 11.8 Å². The summed E-state index contributed by atoms with van der Waals surface area (Å²) in [5, 5.41) is 9.32. The molecule has 2 rings (SSSR count). The number of amides is 2. The number of carboxylic acids is 1. The molecule has 2 heterocycles. The predicted molar refractivity (Wildman–Crippen MR) is 70.8 cm³/mol. The van der Waals surface area contributed by atoms with Gasteiger partial charge >= 0.3 is 12.0 Å². The number of hydrogen-bond acceptors (Lipinski definition) is 3. The van der Waals surface area contributed by atoms with Crippen LogP contribution < -0.4 is 0 Å². The van der Waals surface area contributed by atoms with Gasteiger partial charge in [-0.2, -0.15) is 11.8 Å². The number of carbonyl (C=O) groups is 2. The number of likely N-dealkylation sites (tertiary alicyclic amines) is 1. The summed E-state index contributed by atoms with van der Waals surface area (Å²) in [5.41, 5.74) is -0.722. The summed E-state index contributed by atoms with van der Waals surface area (Å²) >= 11 is 1.86. The molecule has 0 bridgehead atoms. The van der Waals surface area contributed by atoms with Gasteiger partial charge in [0.2, 0.25) is 0 Å². The molecule has 1 N–H and O–H groups in total. The molecule has 2 fully saturated rings. The van der Waals surface area contributed by atoms with E-state index in [-0.39, 0.29) is 6.03 Å². The molecule has 2 aliphatic rings. The van der Waals surface area contributed by atoms with Gasteiger partial charge in [-0.3, -0.25) is 4.79 Å². The molecule has 2 saturated heterocycles. The first kappa shape index (κ1) is 13.5. The normalized spacial score (nSPS) is 28.5. The zero-order valence-corrected chi connectivity index (χ0v) is 11.5. The van der Waals surface area contributed by atoms with Crippen LogP contribution in [0.5, 0.6) is 0 Å². The molecule has 2 amide bonds. The molecule has 0 aliphatic carbocycles. The zero-order chi connectivity index (χ0) is 13.2.